The number of amides is 2. The maximum atomic E-state index is 13.4. The van der Waals surface area contributed by atoms with E-state index in [0.717, 1.165) is 81.2 Å². The van der Waals surface area contributed by atoms with Crippen molar-refractivity contribution >= 4 is 40.1 Å². The Balaban J connectivity index is 1.76. The minimum absolute atomic E-state index is 0.0434. The van der Waals surface area contributed by atoms with Crippen LogP contribution in [0.3, 0.4) is 0 Å². The van der Waals surface area contributed by atoms with Gasteiger partial charge in [-0.3, -0.25) is 14.4 Å². The van der Waals surface area contributed by atoms with Gasteiger partial charge in [-0.25, -0.2) is 4.79 Å². The Hall–Kier alpha value is -2.98. The van der Waals surface area contributed by atoms with Crippen LogP contribution < -0.4 is 5.32 Å². The number of unbranched alkanes of at least 4 members (excludes halogenated alkanes) is 17. The van der Waals surface area contributed by atoms with Gasteiger partial charge >= 0.3 is 11.9 Å². The third-order valence-electron chi connectivity index (χ3n) is 10.7. The molecule has 2 amide bonds. The topological polar surface area (TPSA) is 105 Å². The van der Waals surface area contributed by atoms with Gasteiger partial charge in [0.15, 0.2) is 0 Å². The van der Waals surface area contributed by atoms with E-state index in [4.69, 9.17) is 9.47 Å². The summed E-state index contributed by atoms with van der Waals surface area (Å²) in [5.41, 5.74) is 1.33. The minimum atomic E-state index is -0.409. The Morgan fingerprint density at radius 1 is 0.672 bits per heavy atom. The summed E-state index contributed by atoms with van der Waals surface area (Å²) < 4.78 is 11.1. The summed E-state index contributed by atoms with van der Waals surface area (Å²) in [6.45, 7) is 6.97. The number of ether oxygens (including phenoxy) is 2. The first-order valence-electron chi connectivity index (χ1n) is 23.3. The van der Waals surface area contributed by atoms with Gasteiger partial charge in [0.25, 0.3) is 0 Å². The minimum Gasteiger partial charge on any atom is -0.466 e. The number of hydrogen-bond acceptors (Lipinski definition) is 8. The fraction of sp³-hybridized carbons (Fsp3) is 0.750. The zero-order valence-electron chi connectivity index (χ0n) is 37.2. The van der Waals surface area contributed by atoms with Crippen LogP contribution in [0.5, 0.6) is 0 Å². The molecule has 58 heavy (non-hydrogen) atoms. The summed E-state index contributed by atoms with van der Waals surface area (Å²) in [5, 5.41) is 3.58. The maximum Gasteiger partial charge on any atom is 0.341 e. The quantitative estimate of drug-likeness (QED) is 0.0413. The lowest BCUT2D eigenvalue weighted by Gasteiger charge is -2.27. The van der Waals surface area contributed by atoms with Crippen molar-refractivity contribution in [1.29, 1.82) is 0 Å². The van der Waals surface area contributed by atoms with Gasteiger partial charge in [-0.15, -0.1) is 11.3 Å². The highest BCUT2D eigenvalue weighted by Gasteiger charge is 2.31. The lowest BCUT2D eigenvalue weighted by molar-refractivity contribution is -0.144. The lowest BCUT2D eigenvalue weighted by Crippen LogP contribution is -2.35. The Labute approximate surface area is 357 Å². The third kappa shape index (κ3) is 24.2. The van der Waals surface area contributed by atoms with Crippen molar-refractivity contribution in [2.24, 2.45) is 0 Å². The van der Waals surface area contributed by atoms with E-state index in [1.165, 1.54) is 82.0 Å². The zero-order chi connectivity index (χ0) is 42.1. The van der Waals surface area contributed by atoms with E-state index in [1.807, 2.05) is 19.0 Å². The van der Waals surface area contributed by atoms with Gasteiger partial charge in [0.1, 0.15) is 5.00 Å². The maximum absolute atomic E-state index is 13.4. The van der Waals surface area contributed by atoms with Crippen LogP contribution in [0.2, 0.25) is 0 Å². The van der Waals surface area contributed by atoms with Gasteiger partial charge in [-0.1, -0.05) is 122 Å². The van der Waals surface area contributed by atoms with Crippen molar-refractivity contribution < 1.29 is 28.7 Å². The largest absolute Gasteiger partial charge is 0.466 e. The molecule has 1 aliphatic rings. The zero-order valence-corrected chi connectivity index (χ0v) is 38.0. The van der Waals surface area contributed by atoms with Gasteiger partial charge in [0.2, 0.25) is 11.8 Å². The van der Waals surface area contributed by atoms with Crippen LogP contribution >= 0.6 is 11.3 Å². The molecular weight excluding hydrogens is 747 g/mol. The van der Waals surface area contributed by atoms with Crippen molar-refractivity contribution in [3.05, 3.63) is 40.3 Å². The average Bonchev–Trinajstić information content (AvgIpc) is 3.57. The van der Waals surface area contributed by atoms with Crippen LogP contribution in [0, 0.1) is 0 Å². The van der Waals surface area contributed by atoms with Crippen molar-refractivity contribution in [3.63, 3.8) is 0 Å². The summed E-state index contributed by atoms with van der Waals surface area (Å²) >= 11 is 1.39. The van der Waals surface area contributed by atoms with Crippen molar-refractivity contribution in [2.75, 3.05) is 45.7 Å². The number of fused-ring (bicyclic) bond motifs is 1. The van der Waals surface area contributed by atoms with E-state index in [0.29, 0.717) is 75.4 Å². The molecule has 0 unspecified atom stereocenters. The van der Waals surface area contributed by atoms with E-state index in [9.17, 15) is 19.2 Å². The van der Waals surface area contributed by atoms with Gasteiger partial charge in [0, 0.05) is 37.2 Å². The second-order valence-electron chi connectivity index (χ2n) is 16.4. The number of allylic oxidation sites excluding steroid dienone is 4. The highest BCUT2D eigenvalue weighted by molar-refractivity contribution is 7.17. The van der Waals surface area contributed by atoms with Gasteiger partial charge in [0.05, 0.1) is 25.3 Å². The van der Waals surface area contributed by atoms with Crippen LogP contribution in [0.4, 0.5) is 5.00 Å². The van der Waals surface area contributed by atoms with Crippen molar-refractivity contribution in [1.82, 2.24) is 9.80 Å². The number of esters is 2. The van der Waals surface area contributed by atoms with E-state index in [-0.39, 0.29) is 17.8 Å². The number of hydrogen-bond donors (Lipinski definition) is 1. The molecule has 0 spiro atoms. The van der Waals surface area contributed by atoms with E-state index < -0.39 is 5.97 Å². The standard InChI is InChI=1S/C48H81N3O6S/c1-5-7-9-11-13-15-16-17-18-19-20-21-23-25-27-32-43(52)49-47-46(48(55)57-39-31-36-50(3)4)41-35-37-51(40-42(41)58-47)44(53)33-28-29-34-45(54)56-38-30-26-24-22-14-12-10-8-6-2/h13,15,17-18H,5-12,14,16,19-40H2,1-4H3,(H,49,52)/b15-13-,18-17-. The van der Waals surface area contributed by atoms with Crippen LogP contribution in [0.1, 0.15) is 202 Å². The molecular formula is C48H81N3O6S. The summed E-state index contributed by atoms with van der Waals surface area (Å²) in [6.07, 6.45) is 36.1. The Bertz CT molecular complexity index is 1340. The van der Waals surface area contributed by atoms with Crippen molar-refractivity contribution in [2.45, 2.75) is 194 Å². The molecule has 0 fully saturated rings. The molecule has 1 aromatic heterocycles. The van der Waals surface area contributed by atoms with E-state index >= 15 is 0 Å². The molecule has 2 rings (SSSR count). The summed E-state index contributed by atoms with van der Waals surface area (Å²) in [4.78, 5) is 56.8. The third-order valence-corrected chi connectivity index (χ3v) is 11.9. The number of carbonyl (C=O) groups is 4. The first-order valence-corrected chi connectivity index (χ1v) is 24.1. The molecule has 9 nitrogen and oxygen atoms in total. The first kappa shape index (κ1) is 51.2. The molecule has 0 aliphatic carbocycles. The molecule has 0 aromatic carbocycles. The van der Waals surface area contributed by atoms with Crippen molar-refractivity contribution in [3.8, 4) is 0 Å². The second-order valence-corrected chi connectivity index (χ2v) is 17.5. The Morgan fingerprint density at radius 3 is 1.93 bits per heavy atom. The van der Waals surface area contributed by atoms with Crippen LogP contribution in [0.25, 0.3) is 0 Å². The van der Waals surface area contributed by atoms with Gasteiger partial charge in [-0.05, 0) is 90.3 Å². The molecule has 10 heteroatoms. The lowest BCUT2D eigenvalue weighted by atomic mass is 10.0. The molecule has 0 saturated heterocycles. The SMILES string of the molecule is CCCCC/C=C\C/C=C\CCCCCCCC(=O)Nc1sc2c(c1C(=O)OCCCN(C)C)CCN(C(=O)CCCCC(=O)OCCCCCCCCCCC)C2. The smallest absolute Gasteiger partial charge is 0.341 e. The Morgan fingerprint density at radius 2 is 1.24 bits per heavy atom. The van der Waals surface area contributed by atoms with Crippen LogP contribution in [-0.4, -0.2) is 74.0 Å². The predicted molar refractivity (Wildman–Crippen MR) is 242 cm³/mol. The highest BCUT2D eigenvalue weighted by Crippen LogP contribution is 2.38. The fourth-order valence-electron chi connectivity index (χ4n) is 7.20. The molecule has 0 saturated carbocycles. The van der Waals surface area contributed by atoms with E-state index in [2.05, 4.69) is 48.4 Å². The van der Waals surface area contributed by atoms with Crippen LogP contribution in [-0.2, 0) is 36.8 Å². The number of rotatable bonds is 35. The molecule has 0 radical (unpaired) electrons. The number of carbonyl (C=O) groups excluding carboxylic acids is 4. The molecule has 1 aromatic rings. The predicted octanol–water partition coefficient (Wildman–Crippen LogP) is 12.1. The highest BCUT2D eigenvalue weighted by atomic mass is 32.1. The molecule has 1 N–H and O–H groups in total. The molecule has 0 bridgehead atoms. The van der Waals surface area contributed by atoms with E-state index in [1.54, 1.807) is 0 Å². The van der Waals surface area contributed by atoms with Crippen LogP contribution in [0.15, 0.2) is 24.3 Å². The molecule has 330 valence electrons. The number of nitrogens with one attached hydrogen (secondary N) is 1. The normalized spacial score (nSPS) is 12.8. The molecule has 2 heterocycles. The number of nitrogens with zero attached hydrogens (tertiary/aromatic N) is 2. The number of anilines is 1. The average molecular weight is 828 g/mol. The number of thiophene rings is 1. The molecule has 1 aliphatic heterocycles. The second kappa shape index (κ2) is 33.8. The summed E-state index contributed by atoms with van der Waals surface area (Å²) in [6, 6.07) is 0. The monoisotopic (exact) mass is 828 g/mol. The van der Waals surface area contributed by atoms with Gasteiger partial charge in [-0.2, -0.15) is 0 Å². The Kier molecular flexibility index (Phi) is 29.8. The summed E-state index contributed by atoms with van der Waals surface area (Å²) in [5.74, 6) is -0.639. The first-order chi connectivity index (χ1) is 28.3. The fourth-order valence-corrected chi connectivity index (χ4v) is 8.47. The van der Waals surface area contributed by atoms with Gasteiger partial charge < -0.3 is 24.6 Å². The molecule has 0 atom stereocenters. The summed E-state index contributed by atoms with van der Waals surface area (Å²) in [7, 11) is 3.97.